The van der Waals surface area contributed by atoms with Gasteiger partial charge < -0.3 is 15.7 Å². The maximum absolute atomic E-state index is 12.2. The first kappa shape index (κ1) is 15.9. The quantitative estimate of drug-likeness (QED) is 0.829. The van der Waals surface area contributed by atoms with Crippen molar-refractivity contribution in [1.29, 1.82) is 0 Å². The lowest BCUT2D eigenvalue weighted by Crippen LogP contribution is -2.47. The lowest BCUT2D eigenvalue weighted by atomic mass is 10.1. The number of carbonyl (C=O) groups excluding carboxylic acids is 1. The zero-order chi connectivity index (χ0) is 14.4. The van der Waals surface area contributed by atoms with Crippen molar-refractivity contribution in [3.05, 3.63) is 29.8 Å². The number of likely N-dealkylation sites (N-methyl/N-ethyl adjacent to an activating group) is 1. The summed E-state index contributed by atoms with van der Waals surface area (Å²) in [6, 6.07) is 6.41. The molecular weight excluding hydrogens is 260 g/mol. The minimum atomic E-state index is -0.543. The largest absolute Gasteiger partial charge is 0.508 e. The molecule has 0 bridgehead atoms. The molecule has 0 spiro atoms. The fourth-order valence-corrected chi connectivity index (χ4v) is 2.51. The van der Waals surface area contributed by atoms with Gasteiger partial charge in [-0.3, -0.25) is 4.79 Å². The van der Waals surface area contributed by atoms with E-state index in [1.165, 1.54) is 0 Å². The Morgan fingerprint density at radius 2 is 2.00 bits per heavy atom. The van der Waals surface area contributed by atoms with Crippen molar-refractivity contribution < 1.29 is 9.90 Å². The monoisotopic (exact) mass is 282 g/mol. The first-order valence-corrected chi connectivity index (χ1v) is 7.64. The molecule has 5 heteroatoms. The molecular formula is C14H22N2O2S. The molecule has 0 heterocycles. The highest BCUT2D eigenvalue weighted by molar-refractivity contribution is 7.98. The van der Waals surface area contributed by atoms with Crippen molar-refractivity contribution in [2.45, 2.75) is 25.4 Å². The van der Waals surface area contributed by atoms with Crippen molar-refractivity contribution in [3.8, 4) is 5.75 Å². The van der Waals surface area contributed by atoms with Crippen LogP contribution >= 0.6 is 11.8 Å². The maximum atomic E-state index is 12.2. The summed E-state index contributed by atoms with van der Waals surface area (Å²) in [4.78, 5) is 13.9. The van der Waals surface area contributed by atoms with Crippen LogP contribution in [0, 0.1) is 0 Å². The Morgan fingerprint density at radius 1 is 1.42 bits per heavy atom. The second-order valence-corrected chi connectivity index (χ2v) is 5.64. The summed E-state index contributed by atoms with van der Waals surface area (Å²) in [6.07, 6.45) is 2.50. The number of carbonyl (C=O) groups is 1. The Morgan fingerprint density at radius 3 is 2.53 bits per heavy atom. The molecule has 0 aromatic heterocycles. The molecule has 0 saturated heterocycles. The van der Waals surface area contributed by atoms with Gasteiger partial charge in [-0.2, -0.15) is 11.8 Å². The van der Waals surface area contributed by atoms with E-state index in [1.54, 1.807) is 48.0 Å². The second kappa shape index (κ2) is 7.40. The molecule has 2 atom stereocenters. The molecule has 1 rings (SSSR count). The van der Waals surface area contributed by atoms with Gasteiger partial charge in [-0.25, -0.2) is 0 Å². The van der Waals surface area contributed by atoms with Crippen molar-refractivity contribution in [2.75, 3.05) is 19.1 Å². The summed E-state index contributed by atoms with van der Waals surface area (Å²) < 4.78 is 0. The van der Waals surface area contributed by atoms with Gasteiger partial charge in [0, 0.05) is 18.8 Å². The summed E-state index contributed by atoms with van der Waals surface area (Å²) >= 11 is 1.71. The standard InChI is InChI=1S/C14H22N2O2S/c1-10(9-19-3)16(2)14(18)13(15)8-11-4-6-12(17)7-5-11/h4-7,10,13,17H,8-9,15H2,1-3H3. The van der Waals surface area contributed by atoms with Crippen LogP contribution in [0.5, 0.6) is 5.75 Å². The Labute approximate surface area is 119 Å². The normalized spacial score (nSPS) is 13.9. The summed E-state index contributed by atoms with van der Waals surface area (Å²) in [5, 5.41) is 9.21. The summed E-state index contributed by atoms with van der Waals surface area (Å²) in [5.74, 6) is 1.07. The molecule has 0 aliphatic heterocycles. The Bertz CT molecular complexity index is 408. The molecule has 1 amide bonds. The van der Waals surface area contributed by atoms with Crippen LogP contribution in [-0.4, -0.2) is 47.1 Å². The summed E-state index contributed by atoms with van der Waals surface area (Å²) in [7, 11) is 1.79. The number of hydrogen-bond donors (Lipinski definition) is 2. The second-order valence-electron chi connectivity index (χ2n) is 4.73. The molecule has 2 unspecified atom stereocenters. The molecule has 1 aromatic carbocycles. The summed E-state index contributed by atoms with van der Waals surface area (Å²) in [6.45, 7) is 2.02. The highest BCUT2D eigenvalue weighted by atomic mass is 32.2. The van der Waals surface area contributed by atoms with Crippen LogP contribution in [0.2, 0.25) is 0 Å². The highest BCUT2D eigenvalue weighted by Gasteiger charge is 2.21. The first-order valence-electron chi connectivity index (χ1n) is 6.24. The minimum absolute atomic E-state index is 0.0466. The van der Waals surface area contributed by atoms with Crippen molar-refractivity contribution in [1.82, 2.24) is 4.90 Å². The third-order valence-corrected chi connectivity index (χ3v) is 3.94. The van der Waals surface area contributed by atoms with Gasteiger partial charge in [0.05, 0.1) is 6.04 Å². The zero-order valence-electron chi connectivity index (χ0n) is 11.7. The number of phenolic OH excluding ortho intramolecular Hbond substituents is 1. The third kappa shape index (κ3) is 4.76. The van der Waals surface area contributed by atoms with Gasteiger partial charge in [0.15, 0.2) is 0 Å². The molecule has 4 nitrogen and oxygen atoms in total. The fourth-order valence-electron chi connectivity index (χ4n) is 1.81. The zero-order valence-corrected chi connectivity index (χ0v) is 12.5. The van der Waals surface area contributed by atoms with Crippen LogP contribution in [0.1, 0.15) is 12.5 Å². The Hall–Kier alpha value is -1.20. The predicted molar refractivity (Wildman–Crippen MR) is 80.4 cm³/mol. The molecule has 3 N–H and O–H groups in total. The van der Waals surface area contributed by atoms with Gasteiger partial charge in [-0.05, 0) is 37.3 Å². The highest BCUT2D eigenvalue weighted by Crippen LogP contribution is 2.12. The van der Waals surface area contributed by atoms with Crippen LogP contribution < -0.4 is 5.73 Å². The van der Waals surface area contributed by atoms with Crippen LogP contribution in [0.25, 0.3) is 0 Å². The van der Waals surface area contributed by atoms with E-state index in [-0.39, 0.29) is 17.7 Å². The third-order valence-electron chi connectivity index (χ3n) is 3.13. The topological polar surface area (TPSA) is 66.6 Å². The molecule has 106 valence electrons. The molecule has 0 saturated carbocycles. The summed E-state index contributed by atoms with van der Waals surface area (Å²) in [5.41, 5.74) is 6.91. The molecule has 19 heavy (non-hydrogen) atoms. The van der Waals surface area contributed by atoms with E-state index in [1.807, 2.05) is 13.2 Å². The number of amides is 1. The first-order chi connectivity index (χ1) is 8.95. The van der Waals surface area contributed by atoms with E-state index >= 15 is 0 Å². The Kier molecular flexibility index (Phi) is 6.18. The van der Waals surface area contributed by atoms with Gasteiger partial charge in [0.2, 0.25) is 5.91 Å². The molecule has 0 aliphatic carbocycles. The number of benzene rings is 1. The average Bonchev–Trinajstić information content (AvgIpc) is 2.39. The lowest BCUT2D eigenvalue weighted by molar-refractivity contribution is -0.132. The maximum Gasteiger partial charge on any atom is 0.239 e. The number of rotatable bonds is 6. The van der Waals surface area contributed by atoms with Gasteiger partial charge in [0.25, 0.3) is 0 Å². The molecule has 0 fully saturated rings. The van der Waals surface area contributed by atoms with Crippen LogP contribution in [0.3, 0.4) is 0 Å². The van der Waals surface area contributed by atoms with E-state index in [4.69, 9.17) is 5.73 Å². The Balaban J connectivity index is 2.59. The van der Waals surface area contributed by atoms with Gasteiger partial charge in [-0.15, -0.1) is 0 Å². The lowest BCUT2D eigenvalue weighted by Gasteiger charge is -2.27. The van der Waals surface area contributed by atoms with Crippen molar-refractivity contribution in [2.24, 2.45) is 5.73 Å². The van der Waals surface area contributed by atoms with Crippen LogP contribution in [0.15, 0.2) is 24.3 Å². The van der Waals surface area contributed by atoms with Crippen LogP contribution in [0.4, 0.5) is 0 Å². The average molecular weight is 282 g/mol. The van der Waals surface area contributed by atoms with Gasteiger partial charge in [0.1, 0.15) is 5.75 Å². The smallest absolute Gasteiger partial charge is 0.239 e. The SMILES string of the molecule is CSCC(C)N(C)C(=O)C(N)Cc1ccc(O)cc1. The van der Waals surface area contributed by atoms with E-state index in [2.05, 4.69) is 0 Å². The fraction of sp³-hybridized carbons (Fsp3) is 0.500. The number of phenols is 1. The number of nitrogens with two attached hydrogens (primary N) is 1. The molecule has 0 radical (unpaired) electrons. The number of hydrogen-bond acceptors (Lipinski definition) is 4. The van der Waals surface area contributed by atoms with E-state index in [9.17, 15) is 9.90 Å². The van der Waals surface area contributed by atoms with Crippen molar-refractivity contribution in [3.63, 3.8) is 0 Å². The molecule has 1 aromatic rings. The van der Waals surface area contributed by atoms with E-state index in [0.29, 0.717) is 6.42 Å². The van der Waals surface area contributed by atoms with Crippen LogP contribution in [-0.2, 0) is 11.2 Å². The van der Waals surface area contributed by atoms with E-state index in [0.717, 1.165) is 11.3 Å². The predicted octanol–water partition coefficient (Wildman–Crippen LogP) is 1.47. The van der Waals surface area contributed by atoms with E-state index < -0.39 is 6.04 Å². The van der Waals surface area contributed by atoms with Gasteiger partial charge in [-0.1, -0.05) is 12.1 Å². The van der Waals surface area contributed by atoms with Crippen molar-refractivity contribution >= 4 is 17.7 Å². The number of aromatic hydroxyl groups is 1. The molecule has 0 aliphatic rings. The number of nitrogens with zero attached hydrogens (tertiary/aromatic N) is 1. The minimum Gasteiger partial charge on any atom is -0.508 e. The van der Waals surface area contributed by atoms with Gasteiger partial charge >= 0.3 is 0 Å². The number of thioether (sulfide) groups is 1.